The number of ether oxygens (including phenoxy) is 2. The van der Waals surface area contributed by atoms with E-state index in [1.807, 2.05) is 32.0 Å². The SMILES string of the molecule is CC(C)[C@@H](NC(=O)c1ccccc1)C(=O)/C=C1\NCCc2cc3c(cc21)OCO3. The Morgan fingerprint density at radius 1 is 1.10 bits per heavy atom. The van der Waals surface area contributed by atoms with E-state index in [9.17, 15) is 9.59 Å². The van der Waals surface area contributed by atoms with Crippen molar-refractivity contribution in [2.45, 2.75) is 26.3 Å². The number of rotatable bonds is 5. The van der Waals surface area contributed by atoms with Crippen LogP contribution in [-0.4, -0.2) is 31.1 Å². The Balaban J connectivity index is 1.58. The number of ketones is 1. The number of fused-ring (bicyclic) bond motifs is 2. The fourth-order valence-electron chi connectivity index (χ4n) is 3.61. The summed E-state index contributed by atoms with van der Waals surface area (Å²) >= 11 is 0. The highest BCUT2D eigenvalue weighted by molar-refractivity contribution is 6.04. The number of benzene rings is 2. The summed E-state index contributed by atoms with van der Waals surface area (Å²) in [5.74, 6) is 0.982. The average molecular weight is 392 g/mol. The summed E-state index contributed by atoms with van der Waals surface area (Å²) in [5, 5.41) is 6.19. The molecular weight excluding hydrogens is 368 g/mol. The molecule has 150 valence electrons. The molecule has 2 aromatic carbocycles. The topological polar surface area (TPSA) is 76.7 Å². The maximum atomic E-state index is 13.1. The minimum atomic E-state index is -0.614. The van der Waals surface area contributed by atoms with Gasteiger partial charge in [-0.25, -0.2) is 0 Å². The lowest BCUT2D eigenvalue weighted by Crippen LogP contribution is -2.44. The molecule has 2 N–H and O–H groups in total. The van der Waals surface area contributed by atoms with E-state index in [1.54, 1.807) is 30.3 Å². The van der Waals surface area contributed by atoms with Crippen LogP contribution in [0.15, 0.2) is 48.5 Å². The van der Waals surface area contributed by atoms with Crippen LogP contribution in [0.25, 0.3) is 5.70 Å². The van der Waals surface area contributed by atoms with Crippen molar-refractivity contribution in [1.29, 1.82) is 0 Å². The van der Waals surface area contributed by atoms with Crippen LogP contribution in [0.3, 0.4) is 0 Å². The van der Waals surface area contributed by atoms with Crippen LogP contribution in [0.5, 0.6) is 11.5 Å². The van der Waals surface area contributed by atoms with E-state index in [0.717, 1.165) is 35.5 Å². The molecule has 1 atom stereocenters. The van der Waals surface area contributed by atoms with Crippen molar-refractivity contribution < 1.29 is 19.1 Å². The molecule has 2 heterocycles. The van der Waals surface area contributed by atoms with Crippen LogP contribution < -0.4 is 20.1 Å². The van der Waals surface area contributed by atoms with Crippen molar-refractivity contribution >= 4 is 17.4 Å². The van der Waals surface area contributed by atoms with Crippen LogP contribution in [0.1, 0.15) is 35.3 Å². The van der Waals surface area contributed by atoms with Gasteiger partial charge in [-0.2, -0.15) is 0 Å². The minimum absolute atomic E-state index is 0.0492. The molecule has 0 bridgehead atoms. The third-order valence-corrected chi connectivity index (χ3v) is 5.18. The van der Waals surface area contributed by atoms with Crippen LogP contribution >= 0.6 is 0 Å². The summed E-state index contributed by atoms with van der Waals surface area (Å²) in [6.45, 7) is 4.79. The molecule has 0 aromatic heterocycles. The largest absolute Gasteiger partial charge is 0.454 e. The van der Waals surface area contributed by atoms with Gasteiger partial charge in [0.25, 0.3) is 5.91 Å². The van der Waals surface area contributed by atoms with Gasteiger partial charge in [0, 0.05) is 29.4 Å². The molecule has 0 aliphatic carbocycles. The molecule has 6 heteroatoms. The first-order valence-electron chi connectivity index (χ1n) is 9.81. The molecule has 1 amide bonds. The predicted octanol–water partition coefficient (Wildman–Crippen LogP) is 2.93. The standard InChI is InChI=1S/C23H24N2O4/c1-14(2)22(25-23(27)15-6-4-3-5-7-15)19(26)12-18-17-11-21-20(28-13-29-21)10-16(17)8-9-24-18/h3-7,10-12,14,22,24H,8-9,13H2,1-2H3,(H,25,27)/b18-12-/t22-/m1/s1. The third-order valence-electron chi connectivity index (χ3n) is 5.18. The van der Waals surface area contributed by atoms with E-state index < -0.39 is 6.04 Å². The van der Waals surface area contributed by atoms with Crippen molar-refractivity contribution in [2.24, 2.45) is 5.92 Å². The monoisotopic (exact) mass is 392 g/mol. The van der Waals surface area contributed by atoms with E-state index >= 15 is 0 Å². The Labute approximate surface area is 169 Å². The van der Waals surface area contributed by atoms with Crippen molar-refractivity contribution in [2.75, 3.05) is 13.3 Å². The molecule has 0 spiro atoms. The maximum Gasteiger partial charge on any atom is 0.251 e. The number of hydrogen-bond donors (Lipinski definition) is 2. The molecule has 6 nitrogen and oxygen atoms in total. The Bertz CT molecular complexity index is 966. The number of carbonyl (C=O) groups excluding carboxylic acids is 2. The molecule has 0 radical (unpaired) electrons. The van der Waals surface area contributed by atoms with Crippen LogP contribution in [0.4, 0.5) is 0 Å². The number of carbonyl (C=O) groups is 2. The lowest BCUT2D eigenvalue weighted by atomic mass is 9.93. The molecule has 29 heavy (non-hydrogen) atoms. The van der Waals surface area contributed by atoms with Crippen molar-refractivity contribution in [3.8, 4) is 11.5 Å². The first-order valence-corrected chi connectivity index (χ1v) is 9.81. The predicted molar refractivity (Wildman–Crippen MR) is 110 cm³/mol. The van der Waals surface area contributed by atoms with Gasteiger partial charge in [0.15, 0.2) is 17.3 Å². The first kappa shape index (κ1) is 19.1. The van der Waals surface area contributed by atoms with Gasteiger partial charge in [-0.05, 0) is 42.2 Å². The van der Waals surface area contributed by atoms with Gasteiger partial charge in [-0.15, -0.1) is 0 Å². The molecule has 4 rings (SSSR count). The van der Waals surface area contributed by atoms with Gasteiger partial charge in [0.05, 0.1) is 6.04 Å². The quantitative estimate of drug-likeness (QED) is 0.765. The van der Waals surface area contributed by atoms with Gasteiger partial charge < -0.3 is 20.1 Å². The summed E-state index contributed by atoms with van der Waals surface area (Å²) in [7, 11) is 0. The summed E-state index contributed by atoms with van der Waals surface area (Å²) in [5.41, 5.74) is 3.33. The van der Waals surface area contributed by atoms with Gasteiger partial charge in [-0.1, -0.05) is 32.0 Å². The first-order chi connectivity index (χ1) is 14.0. The summed E-state index contributed by atoms with van der Waals surface area (Å²) < 4.78 is 10.9. The van der Waals surface area contributed by atoms with Gasteiger partial charge in [-0.3, -0.25) is 9.59 Å². The van der Waals surface area contributed by atoms with Gasteiger partial charge >= 0.3 is 0 Å². The van der Waals surface area contributed by atoms with E-state index in [0.29, 0.717) is 11.3 Å². The molecule has 0 unspecified atom stereocenters. The van der Waals surface area contributed by atoms with Gasteiger partial charge in [0.2, 0.25) is 6.79 Å². The Kier molecular flexibility index (Phi) is 5.25. The lowest BCUT2D eigenvalue weighted by molar-refractivity contribution is -0.117. The summed E-state index contributed by atoms with van der Waals surface area (Å²) in [6, 6.07) is 12.2. The smallest absolute Gasteiger partial charge is 0.251 e. The molecule has 2 aliphatic heterocycles. The second-order valence-corrected chi connectivity index (χ2v) is 7.56. The molecule has 2 aliphatic rings. The van der Waals surface area contributed by atoms with Crippen molar-refractivity contribution in [1.82, 2.24) is 10.6 Å². The van der Waals surface area contributed by atoms with E-state index in [-0.39, 0.29) is 24.4 Å². The number of hydrogen-bond acceptors (Lipinski definition) is 5. The van der Waals surface area contributed by atoms with Crippen molar-refractivity contribution in [3.05, 3.63) is 65.2 Å². The normalized spacial score (nSPS) is 16.9. The molecule has 2 aromatic rings. The highest BCUT2D eigenvalue weighted by Crippen LogP contribution is 2.38. The Morgan fingerprint density at radius 3 is 2.55 bits per heavy atom. The van der Waals surface area contributed by atoms with Crippen LogP contribution in [0.2, 0.25) is 0 Å². The van der Waals surface area contributed by atoms with Crippen molar-refractivity contribution in [3.63, 3.8) is 0 Å². The van der Waals surface area contributed by atoms with E-state index in [4.69, 9.17) is 9.47 Å². The van der Waals surface area contributed by atoms with E-state index in [2.05, 4.69) is 10.6 Å². The van der Waals surface area contributed by atoms with Crippen LogP contribution in [0, 0.1) is 5.92 Å². The number of amides is 1. The van der Waals surface area contributed by atoms with Crippen LogP contribution in [-0.2, 0) is 11.2 Å². The second kappa shape index (κ2) is 7.99. The third kappa shape index (κ3) is 3.97. The molecule has 0 fully saturated rings. The zero-order chi connectivity index (χ0) is 20.4. The summed E-state index contributed by atoms with van der Waals surface area (Å²) in [4.78, 5) is 25.6. The zero-order valence-electron chi connectivity index (χ0n) is 16.5. The fourth-order valence-corrected chi connectivity index (χ4v) is 3.61. The average Bonchev–Trinajstić information content (AvgIpc) is 3.18. The Morgan fingerprint density at radius 2 is 1.83 bits per heavy atom. The minimum Gasteiger partial charge on any atom is -0.454 e. The summed E-state index contributed by atoms with van der Waals surface area (Å²) in [6.07, 6.45) is 2.44. The van der Waals surface area contributed by atoms with Gasteiger partial charge in [0.1, 0.15) is 0 Å². The maximum absolute atomic E-state index is 13.1. The molecule has 0 saturated heterocycles. The highest BCUT2D eigenvalue weighted by Gasteiger charge is 2.26. The molecular formula is C23H24N2O4. The zero-order valence-corrected chi connectivity index (χ0v) is 16.5. The number of nitrogens with one attached hydrogen (secondary N) is 2. The van der Waals surface area contributed by atoms with E-state index in [1.165, 1.54) is 0 Å². The Hall–Kier alpha value is -3.28. The fraction of sp³-hybridized carbons (Fsp3) is 0.304. The second-order valence-electron chi connectivity index (χ2n) is 7.56. The highest BCUT2D eigenvalue weighted by atomic mass is 16.7. The molecule has 0 saturated carbocycles. The lowest BCUT2D eigenvalue weighted by Gasteiger charge is -2.24.